The lowest BCUT2D eigenvalue weighted by atomic mass is 9.85. The van der Waals surface area contributed by atoms with Crippen molar-refractivity contribution in [2.75, 3.05) is 7.05 Å². The van der Waals surface area contributed by atoms with E-state index in [1.54, 1.807) is 0 Å². The van der Waals surface area contributed by atoms with Crippen LogP contribution in [-0.4, -0.2) is 23.8 Å². The predicted octanol–water partition coefficient (Wildman–Crippen LogP) is 2.17. The molecule has 1 atom stereocenters. The highest BCUT2D eigenvalue weighted by Crippen LogP contribution is 2.24. The highest BCUT2D eigenvalue weighted by molar-refractivity contribution is 4.81. The minimum absolute atomic E-state index is 0.0324. The van der Waals surface area contributed by atoms with E-state index in [-0.39, 0.29) is 17.1 Å². The summed E-state index contributed by atoms with van der Waals surface area (Å²) in [6.07, 6.45) is 1.46. The second-order valence-corrected chi connectivity index (χ2v) is 5.76. The average molecular weight is 187 g/mol. The number of hydrogen-bond acceptors (Lipinski definition) is 2. The van der Waals surface area contributed by atoms with Crippen molar-refractivity contribution in [3.63, 3.8) is 0 Å². The molecule has 0 radical (unpaired) electrons. The molecule has 0 spiro atoms. The minimum atomic E-state index is -0.206. The first-order valence-corrected chi connectivity index (χ1v) is 5.03. The molecule has 0 rings (SSSR count). The zero-order valence-corrected chi connectivity index (χ0v) is 9.94. The van der Waals surface area contributed by atoms with E-state index in [4.69, 9.17) is 0 Å². The second-order valence-electron chi connectivity index (χ2n) is 5.76. The summed E-state index contributed by atoms with van der Waals surface area (Å²) in [4.78, 5) is 0. The van der Waals surface area contributed by atoms with E-state index >= 15 is 0 Å². The molecule has 0 aliphatic rings. The van der Waals surface area contributed by atoms with Crippen LogP contribution in [0.4, 0.5) is 0 Å². The summed E-state index contributed by atoms with van der Waals surface area (Å²) in [5.74, 6) is 0. The molecule has 0 saturated carbocycles. The molecule has 2 heteroatoms. The van der Waals surface area contributed by atoms with Crippen molar-refractivity contribution in [1.29, 1.82) is 0 Å². The summed E-state index contributed by atoms with van der Waals surface area (Å²) in [6, 6.07) is 0. The lowest BCUT2D eigenvalue weighted by Crippen LogP contribution is -2.40. The van der Waals surface area contributed by atoms with Crippen LogP contribution in [0, 0.1) is 5.41 Å². The maximum Gasteiger partial charge on any atom is 0.0562 e. The maximum atomic E-state index is 9.81. The third-order valence-corrected chi connectivity index (χ3v) is 2.27. The van der Waals surface area contributed by atoms with Crippen LogP contribution in [0.25, 0.3) is 0 Å². The summed E-state index contributed by atoms with van der Waals surface area (Å²) < 4.78 is 0. The van der Waals surface area contributed by atoms with Gasteiger partial charge in [0.1, 0.15) is 0 Å². The van der Waals surface area contributed by atoms with Crippen LogP contribution in [0.5, 0.6) is 0 Å². The van der Waals surface area contributed by atoms with E-state index in [0.717, 1.165) is 12.8 Å². The molecule has 0 aromatic heterocycles. The third-order valence-electron chi connectivity index (χ3n) is 2.27. The van der Waals surface area contributed by atoms with Crippen molar-refractivity contribution in [3.8, 4) is 0 Å². The molecule has 0 aromatic carbocycles. The molecule has 0 aromatic rings. The topological polar surface area (TPSA) is 32.3 Å². The number of aliphatic hydroxyl groups is 1. The SMILES string of the molecule is CNC(C)(C)CC(O)CC(C)(C)C. The van der Waals surface area contributed by atoms with Crippen molar-refractivity contribution in [3.05, 3.63) is 0 Å². The van der Waals surface area contributed by atoms with Gasteiger partial charge in [0.05, 0.1) is 6.10 Å². The third kappa shape index (κ3) is 7.03. The Kier molecular flexibility index (Phi) is 4.40. The van der Waals surface area contributed by atoms with Crippen LogP contribution in [0.15, 0.2) is 0 Å². The monoisotopic (exact) mass is 187 g/mol. The quantitative estimate of drug-likeness (QED) is 0.707. The summed E-state index contributed by atoms with van der Waals surface area (Å²) >= 11 is 0. The lowest BCUT2D eigenvalue weighted by Gasteiger charge is -2.30. The van der Waals surface area contributed by atoms with Gasteiger partial charge in [-0.05, 0) is 39.2 Å². The van der Waals surface area contributed by atoms with E-state index < -0.39 is 0 Å². The molecule has 0 aliphatic carbocycles. The maximum absolute atomic E-state index is 9.81. The molecule has 0 fully saturated rings. The lowest BCUT2D eigenvalue weighted by molar-refractivity contribution is 0.0888. The molecule has 0 heterocycles. The standard InChI is InChI=1S/C11H25NO/c1-10(2,3)7-9(13)8-11(4,5)12-6/h9,12-13H,7-8H2,1-6H3. The summed E-state index contributed by atoms with van der Waals surface area (Å²) in [6.45, 7) is 10.7. The highest BCUT2D eigenvalue weighted by atomic mass is 16.3. The highest BCUT2D eigenvalue weighted by Gasteiger charge is 2.23. The number of hydrogen-bond donors (Lipinski definition) is 2. The van der Waals surface area contributed by atoms with Crippen molar-refractivity contribution in [1.82, 2.24) is 5.32 Å². The average Bonchev–Trinajstić information content (AvgIpc) is 1.81. The van der Waals surface area contributed by atoms with Crippen LogP contribution in [0.2, 0.25) is 0 Å². The van der Waals surface area contributed by atoms with E-state index in [9.17, 15) is 5.11 Å². The molecule has 13 heavy (non-hydrogen) atoms. The molecule has 2 nitrogen and oxygen atoms in total. The largest absolute Gasteiger partial charge is 0.393 e. The van der Waals surface area contributed by atoms with Crippen LogP contribution in [0.3, 0.4) is 0 Å². The zero-order chi connectivity index (χ0) is 10.7. The number of nitrogens with one attached hydrogen (secondary N) is 1. The first kappa shape index (κ1) is 12.9. The van der Waals surface area contributed by atoms with Gasteiger partial charge in [0.25, 0.3) is 0 Å². The second kappa shape index (κ2) is 4.43. The van der Waals surface area contributed by atoms with Gasteiger partial charge in [-0.1, -0.05) is 20.8 Å². The van der Waals surface area contributed by atoms with Gasteiger partial charge >= 0.3 is 0 Å². The summed E-state index contributed by atoms with van der Waals surface area (Å²) in [7, 11) is 1.93. The first-order chi connectivity index (χ1) is 5.66. The summed E-state index contributed by atoms with van der Waals surface area (Å²) in [5, 5.41) is 13.0. The molecule has 80 valence electrons. The number of aliphatic hydroxyl groups excluding tert-OH is 1. The van der Waals surface area contributed by atoms with Gasteiger partial charge in [-0.3, -0.25) is 0 Å². The minimum Gasteiger partial charge on any atom is -0.393 e. The predicted molar refractivity (Wildman–Crippen MR) is 57.8 cm³/mol. The molecular formula is C11H25NO. The van der Waals surface area contributed by atoms with Gasteiger partial charge in [-0.25, -0.2) is 0 Å². The first-order valence-electron chi connectivity index (χ1n) is 5.03. The Bertz CT molecular complexity index is 147. The molecule has 1 unspecified atom stereocenters. The molecule has 0 saturated heterocycles. The van der Waals surface area contributed by atoms with E-state index in [1.165, 1.54) is 0 Å². The smallest absolute Gasteiger partial charge is 0.0562 e. The van der Waals surface area contributed by atoms with Crippen LogP contribution in [0.1, 0.15) is 47.5 Å². The Morgan fingerprint density at radius 2 is 1.54 bits per heavy atom. The molecule has 0 aliphatic heterocycles. The molecule has 2 N–H and O–H groups in total. The van der Waals surface area contributed by atoms with Gasteiger partial charge in [0, 0.05) is 5.54 Å². The Hall–Kier alpha value is -0.0800. The molecular weight excluding hydrogens is 162 g/mol. The van der Waals surface area contributed by atoms with E-state index in [0.29, 0.717) is 0 Å². The van der Waals surface area contributed by atoms with Gasteiger partial charge in [-0.2, -0.15) is 0 Å². The van der Waals surface area contributed by atoms with Crippen molar-refractivity contribution in [2.24, 2.45) is 5.41 Å². The fourth-order valence-electron chi connectivity index (χ4n) is 1.47. The number of rotatable bonds is 4. The van der Waals surface area contributed by atoms with Crippen molar-refractivity contribution in [2.45, 2.75) is 59.1 Å². The molecule has 0 amide bonds. The van der Waals surface area contributed by atoms with Crippen LogP contribution in [-0.2, 0) is 0 Å². The Labute approximate surface area is 82.7 Å². The Morgan fingerprint density at radius 3 is 1.85 bits per heavy atom. The van der Waals surface area contributed by atoms with Gasteiger partial charge in [0.2, 0.25) is 0 Å². The Morgan fingerprint density at radius 1 is 1.08 bits per heavy atom. The fourth-order valence-corrected chi connectivity index (χ4v) is 1.47. The van der Waals surface area contributed by atoms with Crippen molar-refractivity contribution >= 4 is 0 Å². The van der Waals surface area contributed by atoms with E-state index in [2.05, 4.69) is 39.9 Å². The molecule has 0 bridgehead atoms. The van der Waals surface area contributed by atoms with Gasteiger partial charge in [-0.15, -0.1) is 0 Å². The van der Waals surface area contributed by atoms with E-state index in [1.807, 2.05) is 7.05 Å². The van der Waals surface area contributed by atoms with Gasteiger partial charge in [0.15, 0.2) is 0 Å². The van der Waals surface area contributed by atoms with Crippen LogP contribution >= 0.6 is 0 Å². The van der Waals surface area contributed by atoms with Gasteiger partial charge < -0.3 is 10.4 Å². The Balaban J connectivity index is 3.94. The summed E-state index contributed by atoms with van der Waals surface area (Å²) in [5.41, 5.74) is 0.244. The van der Waals surface area contributed by atoms with Crippen LogP contribution < -0.4 is 5.32 Å². The van der Waals surface area contributed by atoms with Crippen molar-refractivity contribution < 1.29 is 5.11 Å². The fraction of sp³-hybridized carbons (Fsp3) is 1.00. The normalized spacial score (nSPS) is 15.9. The zero-order valence-electron chi connectivity index (χ0n) is 9.94.